The van der Waals surface area contributed by atoms with Crippen molar-refractivity contribution in [3.05, 3.63) is 115 Å². The first-order valence-corrected chi connectivity index (χ1v) is 20.6. The van der Waals surface area contributed by atoms with Crippen molar-refractivity contribution >= 4 is 34.8 Å². The molecule has 0 radical (unpaired) electrons. The second-order valence-electron chi connectivity index (χ2n) is 15.8. The molecule has 2 aliphatic heterocycles. The summed E-state index contributed by atoms with van der Waals surface area (Å²) in [4.78, 5) is 75.9. The number of alkyl carbamates (subject to hydrolysis) is 2. The number of pyridine rings is 1. The third-order valence-electron chi connectivity index (χ3n) is 11.6. The normalized spacial score (nSPS) is 17.3. The number of methoxy groups -OCH3 is 2. The molecule has 4 amide bonds. The maximum absolute atomic E-state index is 13.9. The Morgan fingerprint density at radius 2 is 1.20 bits per heavy atom. The number of fused-ring (bicyclic) bond motifs is 1. The lowest BCUT2D eigenvalue weighted by atomic mass is 9.98. The van der Waals surface area contributed by atoms with E-state index in [9.17, 15) is 19.2 Å². The van der Waals surface area contributed by atoms with Crippen LogP contribution in [0.1, 0.15) is 75.0 Å². The Hall–Kier alpha value is -7.03. The van der Waals surface area contributed by atoms with Gasteiger partial charge in [-0.2, -0.15) is 0 Å². The highest BCUT2D eigenvalue weighted by Crippen LogP contribution is 2.36. The van der Waals surface area contributed by atoms with Crippen LogP contribution in [-0.2, 0) is 19.1 Å². The number of carbonyl (C=O) groups excluding carboxylic acids is 4. The average molecular weight is 824 g/mol. The van der Waals surface area contributed by atoms with Gasteiger partial charge in [0, 0.05) is 24.8 Å². The Balaban J connectivity index is 0.942. The first-order chi connectivity index (χ1) is 29.6. The van der Waals surface area contributed by atoms with Crippen molar-refractivity contribution in [3.63, 3.8) is 0 Å². The standard InChI is InChI=1S/C46H49N9O6/c1-27(2)39(52-45(58)60-3)43(56)54-21-7-10-37(54)42-49-26-36(51-42)33-19-18-31-23-30(16-17-32(31)24-33)28-12-14-29(15-13-28)35-25-48-41(50-35)38-11-8-22-55(38)44(57)40(53-46(59)61-4)34-9-5-6-20-47-34/h5-6,9,12-20,23-27,37-40H,7-8,10-11,21-22H2,1-4H3,(H,48,50)(H,49,51)(H,52,58)(H,53,59)/t37-,38-,39-,40?/m0/s1. The average Bonchev–Trinajstić information content (AvgIpc) is 4.14. The fourth-order valence-corrected chi connectivity index (χ4v) is 8.40. The lowest BCUT2D eigenvalue weighted by Gasteiger charge is -2.30. The van der Waals surface area contributed by atoms with Gasteiger partial charge < -0.3 is 39.9 Å². The molecule has 0 saturated carbocycles. The second kappa shape index (κ2) is 17.7. The number of benzene rings is 3. The Bertz CT molecular complexity index is 2540. The summed E-state index contributed by atoms with van der Waals surface area (Å²) >= 11 is 0. The Morgan fingerprint density at radius 1 is 0.656 bits per heavy atom. The third kappa shape index (κ3) is 8.54. The minimum Gasteiger partial charge on any atom is -0.453 e. The third-order valence-corrected chi connectivity index (χ3v) is 11.6. The summed E-state index contributed by atoms with van der Waals surface area (Å²) in [6.45, 7) is 4.92. The molecule has 0 spiro atoms. The van der Waals surface area contributed by atoms with Gasteiger partial charge in [0.15, 0.2) is 6.04 Å². The molecule has 4 N–H and O–H groups in total. The van der Waals surface area contributed by atoms with Gasteiger partial charge in [0.25, 0.3) is 5.91 Å². The van der Waals surface area contributed by atoms with Crippen LogP contribution in [0, 0.1) is 5.92 Å². The fourth-order valence-electron chi connectivity index (χ4n) is 8.40. The highest BCUT2D eigenvalue weighted by atomic mass is 16.5. The number of H-pyrrole nitrogens is 2. The number of nitrogens with one attached hydrogen (secondary N) is 4. The van der Waals surface area contributed by atoms with E-state index in [0.29, 0.717) is 24.6 Å². The van der Waals surface area contributed by atoms with Crippen LogP contribution >= 0.6 is 0 Å². The summed E-state index contributed by atoms with van der Waals surface area (Å²) in [5, 5.41) is 7.53. The van der Waals surface area contributed by atoms with E-state index in [0.717, 1.165) is 75.9 Å². The van der Waals surface area contributed by atoms with Crippen LogP contribution in [0.15, 0.2) is 97.5 Å². The van der Waals surface area contributed by atoms with Gasteiger partial charge in [-0.25, -0.2) is 19.6 Å². The SMILES string of the molecule is COC(=O)NC(C(=O)N1CCC[C@H]1c1ncc(-c2ccc(-c3ccc4cc(-c5cnc([C@@H]6CCCN6C(=O)[C@@H](NC(=O)OC)C(C)C)[nH]5)ccc4c3)cc2)[nH]1)c1ccccn1. The molecule has 15 nitrogen and oxygen atoms in total. The maximum Gasteiger partial charge on any atom is 0.407 e. The summed E-state index contributed by atoms with van der Waals surface area (Å²) in [7, 11) is 2.55. The smallest absolute Gasteiger partial charge is 0.407 e. The Labute approximate surface area is 353 Å². The number of aromatic nitrogens is 5. The van der Waals surface area contributed by atoms with Gasteiger partial charge in [0.2, 0.25) is 5.91 Å². The van der Waals surface area contributed by atoms with Gasteiger partial charge in [0.1, 0.15) is 17.7 Å². The van der Waals surface area contributed by atoms with E-state index in [1.54, 1.807) is 35.5 Å². The minimum atomic E-state index is -0.991. The van der Waals surface area contributed by atoms with Crippen LogP contribution in [0.5, 0.6) is 0 Å². The van der Waals surface area contributed by atoms with Crippen LogP contribution in [0.25, 0.3) is 44.4 Å². The fraction of sp³-hybridized carbons (Fsp3) is 0.326. The summed E-state index contributed by atoms with van der Waals surface area (Å²) in [6.07, 6.45) is 7.02. The number of carbonyl (C=O) groups is 4. The van der Waals surface area contributed by atoms with Crippen molar-refractivity contribution in [2.45, 2.75) is 63.7 Å². The molecular formula is C46H49N9O6. The van der Waals surface area contributed by atoms with E-state index in [4.69, 9.17) is 19.4 Å². The zero-order valence-electron chi connectivity index (χ0n) is 34.6. The highest BCUT2D eigenvalue weighted by molar-refractivity contribution is 5.91. The van der Waals surface area contributed by atoms with Gasteiger partial charge in [-0.3, -0.25) is 14.6 Å². The quantitative estimate of drug-likeness (QED) is 0.103. The summed E-state index contributed by atoms with van der Waals surface area (Å²) < 4.78 is 9.57. The Morgan fingerprint density at radius 3 is 1.79 bits per heavy atom. The van der Waals surface area contributed by atoms with E-state index in [1.165, 1.54) is 14.2 Å². The minimum absolute atomic E-state index is 0.109. The number of ether oxygens (including phenoxy) is 2. The first kappa shape index (κ1) is 40.7. The number of hydrogen-bond acceptors (Lipinski definition) is 9. The number of amides is 4. The number of likely N-dealkylation sites (tertiary alicyclic amines) is 2. The van der Waals surface area contributed by atoms with Crippen LogP contribution < -0.4 is 10.6 Å². The van der Waals surface area contributed by atoms with E-state index < -0.39 is 24.3 Å². The summed E-state index contributed by atoms with van der Waals surface area (Å²) in [5.41, 5.74) is 6.23. The molecule has 6 aromatic rings. The van der Waals surface area contributed by atoms with E-state index in [-0.39, 0.29) is 29.8 Å². The van der Waals surface area contributed by atoms with E-state index >= 15 is 0 Å². The molecule has 2 fully saturated rings. The van der Waals surface area contributed by atoms with Gasteiger partial charge >= 0.3 is 12.2 Å². The molecule has 1 unspecified atom stereocenters. The monoisotopic (exact) mass is 823 g/mol. The van der Waals surface area contributed by atoms with Crippen molar-refractivity contribution in [1.29, 1.82) is 0 Å². The zero-order chi connectivity index (χ0) is 42.6. The molecule has 3 aromatic heterocycles. The molecule has 314 valence electrons. The molecule has 4 atom stereocenters. The summed E-state index contributed by atoms with van der Waals surface area (Å²) in [5.74, 6) is 0.884. The van der Waals surface area contributed by atoms with E-state index in [1.807, 2.05) is 24.9 Å². The number of hydrogen-bond donors (Lipinski definition) is 4. The maximum atomic E-state index is 13.9. The predicted octanol–water partition coefficient (Wildman–Crippen LogP) is 7.49. The summed E-state index contributed by atoms with van der Waals surface area (Å²) in [6, 6.07) is 24.1. The van der Waals surface area contributed by atoms with Gasteiger partial charge in [-0.05, 0) is 83.3 Å². The highest BCUT2D eigenvalue weighted by Gasteiger charge is 2.39. The number of rotatable bonds is 11. The molecule has 15 heteroatoms. The first-order valence-electron chi connectivity index (χ1n) is 20.6. The van der Waals surface area contributed by atoms with Gasteiger partial charge in [-0.15, -0.1) is 0 Å². The molecule has 0 aliphatic carbocycles. The van der Waals surface area contributed by atoms with Crippen molar-refractivity contribution in [1.82, 2.24) is 45.4 Å². The van der Waals surface area contributed by atoms with Gasteiger partial charge in [-0.1, -0.05) is 68.4 Å². The largest absolute Gasteiger partial charge is 0.453 e. The molecule has 0 bridgehead atoms. The molecular weight excluding hydrogens is 775 g/mol. The van der Waals surface area contributed by atoms with Crippen molar-refractivity contribution < 1.29 is 28.7 Å². The number of aromatic amines is 2. The van der Waals surface area contributed by atoms with E-state index in [2.05, 4.69) is 86.2 Å². The van der Waals surface area contributed by atoms with Crippen LogP contribution in [0.2, 0.25) is 0 Å². The molecule has 3 aromatic carbocycles. The van der Waals surface area contributed by atoms with Crippen LogP contribution in [0.3, 0.4) is 0 Å². The Kier molecular flexibility index (Phi) is 11.8. The van der Waals surface area contributed by atoms with Crippen LogP contribution in [-0.4, -0.2) is 92.1 Å². The van der Waals surface area contributed by atoms with Gasteiger partial charge in [0.05, 0.1) is 55.8 Å². The molecule has 5 heterocycles. The van der Waals surface area contributed by atoms with Crippen molar-refractivity contribution in [2.24, 2.45) is 5.92 Å². The lowest BCUT2D eigenvalue weighted by molar-refractivity contribution is -0.136. The lowest BCUT2D eigenvalue weighted by Crippen LogP contribution is -2.51. The zero-order valence-corrected chi connectivity index (χ0v) is 34.6. The van der Waals surface area contributed by atoms with Crippen LogP contribution in [0.4, 0.5) is 9.59 Å². The molecule has 8 rings (SSSR count). The number of imidazole rings is 2. The second-order valence-corrected chi connectivity index (χ2v) is 15.8. The molecule has 2 aliphatic rings. The topological polar surface area (TPSA) is 188 Å². The van der Waals surface area contributed by atoms with Crippen molar-refractivity contribution in [2.75, 3.05) is 27.3 Å². The molecule has 61 heavy (non-hydrogen) atoms. The van der Waals surface area contributed by atoms with Crippen molar-refractivity contribution in [3.8, 4) is 33.6 Å². The number of nitrogens with zero attached hydrogens (tertiary/aromatic N) is 5. The predicted molar refractivity (Wildman–Crippen MR) is 229 cm³/mol. The molecule has 2 saturated heterocycles.